The molecule has 0 atom stereocenters. The van der Waals surface area contributed by atoms with Gasteiger partial charge in [-0.25, -0.2) is 0 Å². The number of anilines is 3. The van der Waals surface area contributed by atoms with Crippen molar-refractivity contribution in [1.29, 1.82) is 0 Å². The van der Waals surface area contributed by atoms with Crippen LogP contribution in [-0.2, 0) is 10.8 Å². The largest absolute Gasteiger partial charge is 0.310 e. The van der Waals surface area contributed by atoms with Gasteiger partial charge in [0.25, 0.3) is 0 Å². The van der Waals surface area contributed by atoms with E-state index >= 15 is 0 Å². The fourth-order valence-corrected chi connectivity index (χ4v) is 17.0. The lowest BCUT2D eigenvalue weighted by Gasteiger charge is -2.34. The van der Waals surface area contributed by atoms with E-state index in [1.807, 2.05) is 0 Å². The lowest BCUT2D eigenvalue weighted by atomic mass is 9.82. The molecular weight excluding hydrogens is 739 g/mol. The molecule has 286 valence electrons. The van der Waals surface area contributed by atoms with Crippen molar-refractivity contribution in [2.45, 2.75) is 38.5 Å². The molecule has 1 heterocycles. The van der Waals surface area contributed by atoms with E-state index < -0.39 is 8.07 Å². The first kappa shape index (κ1) is 35.2. The first-order chi connectivity index (χ1) is 29.3. The third kappa shape index (κ3) is 4.63. The molecule has 0 bridgehead atoms. The zero-order valence-corrected chi connectivity index (χ0v) is 35.5. The highest BCUT2D eigenvalue weighted by Gasteiger charge is 2.49. The minimum absolute atomic E-state index is 0.125. The smallest absolute Gasteiger partial charge is 0.181 e. The van der Waals surface area contributed by atoms with E-state index in [0.29, 0.717) is 0 Å². The lowest BCUT2D eigenvalue weighted by molar-refractivity contribution is 0.660. The predicted octanol–water partition coefficient (Wildman–Crippen LogP) is 12.3. The molecule has 60 heavy (non-hydrogen) atoms. The molecule has 0 radical (unpaired) electrons. The third-order valence-corrected chi connectivity index (χ3v) is 19.2. The van der Waals surface area contributed by atoms with Crippen LogP contribution in [0, 0.1) is 0 Å². The maximum Gasteiger partial charge on any atom is 0.181 e. The van der Waals surface area contributed by atoms with Crippen LogP contribution in [0.4, 0.5) is 17.1 Å². The summed E-state index contributed by atoms with van der Waals surface area (Å²) in [4.78, 5) is 2.58. The Morgan fingerprint density at radius 1 is 0.367 bits per heavy atom. The van der Waals surface area contributed by atoms with Gasteiger partial charge >= 0.3 is 0 Å². The van der Waals surface area contributed by atoms with Gasteiger partial charge in [-0.2, -0.15) is 0 Å². The van der Waals surface area contributed by atoms with Crippen LogP contribution in [0.1, 0.15) is 49.9 Å². The maximum atomic E-state index is 2.58. The zero-order valence-electron chi connectivity index (χ0n) is 34.5. The summed E-state index contributed by atoms with van der Waals surface area (Å²) in [7, 11) is -2.88. The normalized spacial score (nSPS) is 15.4. The van der Waals surface area contributed by atoms with Gasteiger partial charge < -0.3 is 4.90 Å². The SMILES string of the molecule is CC1(C)c2ccccc2-c2ccc(N(c3cccc([Si]4(c5cccc6ccccc56)c5ccccc5-c5ccccc54)c3)c3cccc4c3-c3ccccc3C4(C)C)cc21. The molecule has 0 aromatic heterocycles. The van der Waals surface area contributed by atoms with Gasteiger partial charge in [0.15, 0.2) is 8.07 Å². The average Bonchev–Trinajstić information content (AvgIpc) is 3.82. The quantitative estimate of drug-likeness (QED) is 0.157. The van der Waals surface area contributed by atoms with Crippen LogP contribution >= 0.6 is 0 Å². The van der Waals surface area contributed by atoms with Gasteiger partial charge in [-0.05, 0) is 112 Å². The lowest BCUT2D eigenvalue weighted by Crippen LogP contribution is -2.73. The molecule has 1 nitrogen and oxygen atoms in total. The topological polar surface area (TPSA) is 3.24 Å². The average molecular weight is 784 g/mol. The van der Waals surface area contributed by atoms with Gasteiger partial charge in [0.2, 0.25) is 0 Å². The summed E-state index contributed by atoms with van der Waals surface area (Å²) in [5.74, 6) is 0. The number of rotatable bonds is 5. The summed E-state index contributed by atoms with van der Waals surface area (Å²) < 4.78 is 0. The van der Waals surface area contributed by atoms with Gasteiger partial charge in [-0.15, -0.1) is 0 Å². The second kappa shape index (κ2) is 12.6. The van der Waals surface area contributed by atoms with Gasteiger partial charge in [0.1, 0.15) is 0 Å². The van der Waals surface area contributed by atoms with Crippen molar-refractivity contribution in [3.05, 3.63) is 222 Å². The van der Waals surface area contributed by atoms with Crippen LogP contribution in [0.3, 0.4) is 0 Å². The Kier molecular flexibility index (Phi) is 7.41. The molecule has 0 unspecified atom stereocenters. The van der Waals surface area contributed by atoms with Crippen molar-refractivity contribution in [3.63, 3.8) is 0 Å². The highest BCUT2D eigenvalue weighted by atomic mass is 28.3. The number of hydrogen-bond acceptors (Lipinski definition) is 1. The van der Waals surface area contributed by atoms with Crippen molar-refractivity contribution < 1.29 is 0 Å². The maximum absolute atomic E-state index is 2.88. The highest BCUT2D eigenvalue weighted by molar-refractivity contribution is 7.23. The fourth-order valence-electron chi connectivity index (χ4n) is 11.6. The molecule has 3 aliphatic rings. The minimum atomic E-state index is -2.88. The van der Waals surface area contributed by atoms with E-state index in [0.717, 1.165) is 0 Å². The predicted molar refractivity (Wildman–Crippen MR) is 256 cm³/mol. The Labute approximate surface area is 354 Å². The van der Waals surface area contributed by atoms with E-state index in [9.17, 15) is 0 Å². The summed E-state index contributed by atoms with van der Waals surface area (Å²) in [5, 5.41) is 8.36. The zero-order chi connectivity index (χ0) is 40.4. The molecule has 0 N–H and O–H groups in total. The Morgan fingerprint density at radius 3 is 1.65 bits per heavy atom. The summed E-state index contributed by atoms with van der Waals surface area (Å²) in [6.45, 7) is 9.55. The highest BCUT2D eigenvalue weighted by Crippen LogP contribution is 2.55. The molecule has 9 aromatic carbocycles. The first-order valence-corrected chi connectivity index (χ1v) is 23.4. The number of benzene rings is 9. The summed E-state index contributed by atoms with van der Waals surface area (Å²) in [5.41, 5.74) is 16.9. The molecule has 2 aliphatic carbocycles. The van der Waals surface area contributed by atoms with Crippen molar-refractivity contribution in [1.82, 2.24) is 0 Å². The Hall–Kier alpha value is -6.74. The molecular formula is C58H45NSi. The van der Waals surface area contributed by atoms with E-state index in [-0.39, 0.29) is 10.8 Å². The molecule has 9 aromatic rings. The van der Waals surface area contributed by atoms with Gasteiger partial charge in [0.05, 0.1) is 5.69 Å². The van der Waals surface area contributed by atoms with Gasteiger partial charge in [0, 0.05) is 27.8 Å². The number of fused-ring (bicyclic) bond motifs is 10. The van der Waals surface area contributed by atoms with Gasteiger partial charge in [-0.3, -0.25) is 0 Å². The number of hydrogen-bond donors (Lipinski definition) is 0. The molecule has 0 spiro atoms. The van der Waals surface area contributed by atoms with E-state index in [1.54, 1.807) is 0 Å². The van der Waals surface area contributed by atoms with Crippen LogP contribution in [0.5, 0.6) is 0 Å². The van der Waals surface area contributed by atoms with Crippen LogP contribution in [0.15, 0.2) is 200 Å². The fraction of sp³-hybridized carbons (Fsp3) is 0.103. The standard InChI is InChI=1S/C58H45NSi/c1-57(2)49-28-12-8-26-47(49)56-50(57)29-17-30-52(56)59(40-34-35-44-43-23-7-11-27-48(43)58(3,4)51(44)37-40)39-20-16-21-41(36-39)60(53-33-15-19-38-18-5-6-22-42(38)53)54-31-13-9-24-45(54)46-25-10-14-32-55(46)60/h5-37H,1-4H3. The Bertz CT molecular complexity index is 3190. The Balaban J connectivity index is 1.16. The minimum Gasteiger partial charge on any atom is -0.310 e. The van der Waals surface area contributed by atoms with Crippen molar-refractivity contribution in [2.75, 3.05) is 4.90 Å². The summed E-state index contributed by atoms with van der Waals surface area (Å²) >= 11 is 0. The van der Waals surface area contributed by atoms with Crippen LogP contribution in [0.25, 0.3) is 44.2 Å². The van der Waals surface area contributed by atoms with Crippen molar-refractivity contribution >= 4 is 56.7 Å². The molecule has 0 saturated heterocycles. The van der Waals surface area contributed by atoms with Crippen molar-refractivity contribution in [2.24, 2.45) is 0 Å². The Morgan fingerprint density at radius 2 is 0.883 bits per heavy atom. The summed E-state index contributed by atoms with van der Waals surface area (Å²) in [6.07, 6.45) is 0. The van der Waals surface area contributed by atoms with Crippen LogP contribution in [-0.4, -0.2) is 8.07 Å². The first-order valence-electron chi connectivity index (χ1n) is 21.4. The van der Waals surface area contributed by atoms with Crippen LogP contribution < -0.4 is 25.6 Å². The van der Waals surface area contributed by atoms with Crippen LogP contribution in [0.2, 0.25) is 0 Å². The second-order valence-electron chi connectivity index (χ2n) is 18.0. The van der Waals surface area contributed by atoms with E-state index in [4.69, 9.17) is 0 Å². The van der Waals surface area contributed by atoms with E-state index in [1.165, 1.54) is 104 Å². The molecule has 0 saturated carbocycles. The van der Waals surface area contributed by atoms with E-state index in [2.05, 4.69) is 233 Å². The van der Waals surface area contributed by atoms with Crippen molar-refractivity contribution in [3.8, 4) is 33.4 Å². The summed E-state index contributed by atoms with van der Waals surface area (Å²) in [6, 6.07) is 76.4. The second-order valence-corrected chi connectivity index (χ2v) is 21.7. The molecule has 0 amide bonds. The molecule has 12 rings (SSSR count). The third-order valence-electron chi connectivity index (χ3n) is 14.3. The monoisotopic (exact) mass is 783 g/mol. The molecule has 2 heteroatoms. The number of nitrogens with zero attached hydrogens (tertiary/aromatic N) is 1. The molecule has 1 aliphatic heterocycles. The molecule has 0 fully saturated rings. The van der Waals surface area contributed by atoms with Gasteiger partial charge in [-0.1, -0.05) is 198 Å².